The number of amides is 1. The van der Waals surface area contributed by atoms with Gasteiger partial charge in [-0.05, 0) is 50.6 Å². The molecule has 1 amide bonds. The van der Waals surface area contributed by atoms with Crippen LogP contribution in [0, 0.1) is 0 Å². The summed E-state index contributed by atoms with van der Waals surface area (Å²) < 4.78 is 40.3. The fourth-order valence-corrected chi connectivity index (χ4v) is 3.05. The quantitative estimate of drug-likeness (QED) is 0.858. The minimum atomic E-state index is -4.77. The molecule has 0 aromatic heterocycles. The molecule has 1 saturated heterocycles. The summed E-state index contributed by atoms with van der Waals surface area (Å²) in [5, 5.41) is 8.88. The lowest BCUT2D eigenvalue weighted by Gasteiger charge is -2.25. The predicted octanol–water partition coefficient (Wildman–Crippen LogP) is 2.60. The van der Waals surface area contributed by atoms with Crippen LogP contribution in [-0.4, -0.2) is 65.9 Å². The van der Waals surface area contributed by atoms with Crippen LogP contribution in [0.15, 0.2) is 24.3 Å². The van der Waals surface area contributed by atoms with Crippen molar-refractivity contribution >= 4 is 11.9 Å². The fourth-order valence-electron chi connectivity index (χ4n) is 3.05. The van der Waals surface area contributed by atoms with E-state index in [2.05, 4.69) is 4.74 Å². The molecule has 2 rings (SSSR count). The number of carboxylic acid groups (broad SMARTS) is 1. The summed E-state index contributed by atoms with van der Waals surface area (Å²) in [6.07, 6.45) is -2.61. The van der Waals surface area contributed by atoms with Crippen LogP contribution < -0.4 is 4.74 Å². The molecule has 144 valence electrons. The average molecular weight is 374 g/mol. The van der Waals surface area contributed by atoms with Gasteiger partial charge in [-0.25, -0.2) is 0 Å². The zero-order valence-corrected chi connectivity index (χ0v) is 14.3. The Labute approximate surface area is 149 Å². The third-order valence-corrected chi connectivity index (χ3v) is 4.33. The molecule has 1 atom stereocenters. The lowest BCUT2D eigenvalue weighted by atomic mass is 10.1. The fraction of sp³-hybridized carbons (Fsp3) is 0.529. The van der Waals surface area contributed by atoms with Crippen molar-refractivity contribution in [3.8, 4) is 5.75 Å². The molecule has 0 radical (unpaired) electrons. The number of likely N-dealkylation sites (N-methyl/N-ethyl adjacent to an activating group) is 1. The van der Waals surface area contributed by atoms with Gasteiger partial charge in [0.1, 0.15) is 5.75 Å². The minimum Gasteiger partial charge on any atom is -0.480 e. The number of benzene rings is 1. The number of nitrogens with zero attached hydrogens (tertiary/aromatic N) is 2. The van der Waals surface area contributed by atoms with Crippen LogP contribution in [0.2, 0.25) is 0 Å². The number of hydrogen-bond acceptors (Lipinski definition) is 4. The first-order chi connectivity index (χ1) is 12.2. The number of alkyl halides is 3. The van der Waals surface area contributed by atoms with Gasteiger partial charge >= 0.3 is 12.3 Å². The molecule has 1 aromatic rings. The third-order valence-electron chi connectivity index (χ3n) is 4.33. The minimum absolute atomic E-state index is 0.0563. The number of rotatable bonds is 5. The molecule has 1 heterocycles. The van der Waals surface area contributed by atoms with Crippen molar-refractivity contribution in [1.82, 2.24) is 9.80 Å². The zero-order chi connectivity index (χ0) is 19.3. The number of halogens is 3. The van der Waals surface area contributed by atoms with Gasteiger partial charge in [-0.3, -0.25) is 14.5 Å². The number of hydrogen-bond donors (Lipinski definition) is 1. The standard InChI is InChI=1S/C17H21F3N2O4/c1-21(11-15(23)24)13-3-2-9-22(10-8-13)16(25)12-4-6-14(7-5-12)26-17(18,19)20/h4-7,13H,2-3,8-11H2,1H3,(H,23,24)/t13-/m0/s1. The van der Waals surface area contributed by atoms with Crippen molar-refractivity contribution in [1.29, 1.82) is 0 Å². The molecular formula is C17H21F3N2O4. The topological polar surface area (TPSA) is 70.1 Å². The van der Waals surface area contributed by atoms with Crippen LogP contribution in [0.4, 0.5) is 13.2 Å². The molecule has 0 spiro atoms. The third kappa shape index (κ3) is 5.91. The Morgan fingerprint density at radius 3 is 2.46 bits per heavy atom. The summed E-state index contributed by atoms with van der Waals surface area (Å²) in [6, 6.07) is 4.92. The molecule has 9 heteroatoms. The number of likely N-dealkylation sites (tertiary alicyclic amines) is 1. The van der Waals surface area contributed by atoms with E-state index >= 15 is 0 Å². The molecule has 1 aliphatic rings. The van der Waals surface area contributed by atoms with Crippen LogP contribution in [0.5, 0.6) is 5.75 Å². The molecule has 0 aliphatic carbocycles. The maximum Gasteiger partial charge on any atom is 0.573 e. The van der Waals surface area contributed by atoms with E-state index in [0.29, 0.717) is 19.5 Å². The normalized spacial score (nSPS) is 18.5. The van der Waals surface area contributed by atoms with E-state index in [1.54, 1.807) is 16.8 Å². The van der Waals surface area contributed by atoms with E-state index in [0.717, 1.165) is 25.0 Å². The summed E-state index contributed by atoms with van der Waals surface area (Å²) in [7, 11) is 1.75. The second kappa shape index (κ2) is 8.39. The van der Waals surface area contributed by atoms with Gasteiger partial charge in [0, 0.05) is 24.7 Å². The zero-order valence-electron chi connectivity index (χ0n) is 14.3. The molecule has 26 heavy (non-hydrogen) atoms. The Morgan fingerprint density at radius 1 is 1.23 bits per heavy atom. The first-order valence-electron chi connectivity index (χ1n) is 8.23. The van der Waals surface area contributed by atoms with E-state index in [4.69, 9.17) is 5.11 Å². The number of ether oxygens (including phenoxy) is 1. The highest BCUT2D eigenvalue weighted by Crippen LogP contribution is 2.24. The smallest absolute Gasteiger partial charge is 0.480 e. The summed E-state index contributed by atoms with van der Waals surface area (Å²) in [4.78, 5) is 26.8. The maximum absolute atomic E-state index is 12.6. The summed E-state index contributed by atoms with van der Waals surface area (Å²) in [5.41, 5.74) is 0.289. The van der Waals surface area contributed by atoms with E-state index < -0.39 is 12.3 Å². The van der Waals surface area contributed by atoms with Crippen molar-refractivity contribution in [2.24, 2.45) is 0 Å². The van der Waals surface area contributed by atoms with Crippen molar-refractivity contribution in [3.63, 3.8) is 0 Å². The highest BCUT2D eigenvalue weighted by Gasteiger charge is 2.31. The van der Waals surface area contributed by atoms with Crippen LogP contribution >= 0.6 is 0 Å². The Hall–Kier alpha value is -2.29. The molecule has 0 unspecified atom stereocenters. The van der Waals surface area contributed by atoms with Gasteiger partial charge in [-0.1, -0.05) is 0 Å². The van der Waals surface area contributed by atoms with Crippen molar-refractivity contribution < 1.29 is 32.6 Å². The van der Waals surface area contributed by atoms with Crippen LogP contribution in [-0.2, 0) is 4.79 Å². The summed E-state index contributed by atoms with van der Waals surface area (Å²) in [6.45, 7) is 0.935. The van der Waals surface area contributed by atoms with Crippen molar-refractivity contribution in [3.05, 3.63) is 29.8 Å². The molecule has 1 fully saturated rings. The van der Waals surface area contributed by atoms with E-state index in [9.17, 15) is 22.8 Å². The van der Waals surface area contributed by atoms with Crippen LogP contribution in [0.1, 0.15) is 29.6 Å². The highest BCUT2D eigenvalue weighted by atomic mass is 19.4. The van der Waals surface area contributed by atoms with Gasteiger partial charge < -0.3 is 14.7 Å². The lowest BCUT2D eigenvalue weighted by Crippen LogP contribution is -2.37. The molecule has 1 aromatic carbocycles. The van der Waals surface area contributed by atoms with Crippen molar-refractivity contribution in [2.75, 3.05) is 26.7 Å². The van der Waals surface area contributed by atoms with Gasteiger partial charge in [0.05, 0.1) is 6.54 Å². The summed E-state index contributed by atoms with van der Waals surface area (Å²) >= 11 is 0. The Morgan fingerprint density at radius 2 is 1.88 bits per heavy atom. The second-order valence-electron chi connectivity index (χ2n) is 6.26. The highest BCUT2D eigenvalue weighted by molar-refractivity contribution is 5.94. The van der Waals surface area contributed by atoms with Crippen LogP contribution in [0.3, 0.4) is 0 Å². The van der Waals surface area contributed by atoms with Crippen LogP contribution in [0.25, 0.3) is 0 Å². The van der Waals surface area contributed by atoms with Gasteiger partial charge in [0.2, 0.25) is 0 Å². The molecule has 0 bridgehead atoms. The van der Waals surface area contributed by atoms with Crippen molar-refractivity contribution in [2.45, 2.75) is 31.7 Å². The van der Waals surface area contributed by atoms with E-state index in [1.165, 1.54) is 12.1 Å². The molecule has 0 saturated carbocycles. The lowest BCUT2D eigenvalue weighted by molar-refractivity contribution is -0.274. The molecule has 1 aliphatic heterocycles. The first kappa shape index (κ1) is 20.0. The van der Waals surface area contributed by atoms with Gasteiger partial charge in [-0.15, -0.1) is 13.2 Å². The second-order valence-corrected chi connectivity index (χ2v) is 6.26. The Bertz CT molecular complexity index is 634. The number of aliphatic carboxylic acids is 1. The SMILES string of the molecule is CN(CC(=O)O)[C@H]1CCCN(C(=O)c2ccc(OC(F)(F)F)cc2)CC1. The molecule has 1 N–H and O–H groups in total. The molecular weight excluding hydrogens is 353 g/mol. The number of carbonyl (C=O) groups is 2. The number of carboxylic acids is 1. The monoisotopic (exact) mass is 374 g/mol. The van der Waals surface area contributed by atoms with Gasteiger partial charge in [0.25, 0.3) is 5.91 Å². The van der Waals surface area contributed by atoms with E-state index in [1.807, 2.05) is 0 Å². The summed E-state index contributed by atoms with van der Waals surface area (Å²) in [5.74, 6) is -1.53. The predicted molar refractivity (Wildman–Crippen MR) is 86.9 cm³/mol. The Kier molecular flexibility index (Phi) is 6.47. The number of carbonyl (C=O) groups excluding carboxylic acids is 1. The maximum atomic E-state index is 12.6. The van der Waals surface area contributed by atoms with Gasteiger partial charge in [-0.2, -0.15) is 0 Å². The molecule has 6 nitrogen and oxygen atoms in total. The van der Waals surface area contributed by atoms with Gasteiger partial charge in [0.15, 0.2) is 0 Å². The average Bonchev–Trinajstić information content (AvgIpc) is 2.79. The Balaban J connectivity index is 1.96. The van der Waals surface area contributed by atoms with E-state index in [-0.39, 0.29) is 29.8 Å². The largest absolute Gasteiger partial charge is 0.573 e. The first-order valence-corrected chi connectivity index (χ1v) is 8.23.